The smallest absolute Gasteiger partial charge is 0.0559 e. The van der Waals surface area contributed by atoms with E-state index in [0.717, 1.165) is 5.69 Å². The molecule has 20 heavy (non-hydrogen) atoms. The Morgan fingerprint density at radius 1 is 1.20 bits per heavy atom. The molecule has 0 amide bonds. The molecule has 1 atom stereocenters. The van der Waals surface area contributed by atoms with Gasteiger partial charge in [-0.1, -0.05) is 24.3 Å². The number of aryl methyl sites for hydroxylation is 2. The molecule has 2 N–H and O–H groups in total. The van der Waals surface area contributed by atoms with E-state index in [9.17, 15) is 0 Å². The zero-order chi connectivity index (χ0) is 13.9. The molecule has 0 radical (unpaired) electrons. The van der Waals surface area contributed by atoms with Crippen molar-refractivity contribution in [3.8, 4) is 0 Å². The molecule has 1 heterocycles. The number of hydrazine groups is 1. The van der Waals surface area contributed by atoms with Crippen molar-refractivity contribution < 1.29 is 0 Å². The van der Waals surface area contributed by atoms with Crippen LogP contribution in [-0.4, -0.2) is 9.99 Å². The van der Waals surface area contributed by atoms with Crippen LogP contribution in [0.25, 0.3) is 0 Å². The topological polar surface area (TPSA) is 42.1 Å². The van der Waals surface area contributed by atoms with Gasteiger partial charge in [-0.2, -0.15) is 0 Å². The van der Waals surface area contributed by atoms with Crippen LogP contribution in [0, 0.1) is 0 Å². The van der Waals surface area contributed by atoms with Crippen molar-refractivity contribution in [2.24, 2.45) is 5.84 Å². The molecule has 3 rings (SSSR count). The fraction of sp³-hybridized carbons (Fsp3) is 0.353. The maximum atomic E-state index is 6.22. The normalized spacial score (nSPS) is 15.3. The van der Waals surface area contributed by atoms with Gasteiger partial charge in [0.1, 0.15) is 0 Å². The number of benzene rings is 1. The molecule has 0 fully saturated rings. The lowest BCUT2D eigenvalue weighted by molar-refractivity contribution is 0.204. The van der Waals surface area contributed by atoms with Crippen molar-refractivity contribution in [1.29, 1.82) is 0 Å². The van der Waals surface area contributed by atoms with Crippen molar-refractivity contribution in [2.45, 2.75) is 38.8 Å². The van der Waals surface area contributed by atoms with Crippen LogP contribution in [0.3, 0.4) is 0 Å². The van der Waals surface area contributed by atoms with Gasteiger partial charge in [0.25, 0.3) is 0 Å². The van der Waals surface area contributed by atoms with Crippen molar-refractivity contribution in [2.75, 3.05) is 0 Å². The summed E-state index contributed by atoms with van der Waals surface area (Å²) in [5.74, 6) is 6.22. The van der Waals surface area contributed by atoms with Crippen LogP contribution in [0.5, 0.6) is 0 Å². The van der Waals surface area contributed by atoms with Gasteiger partial charge in [-0.3, -0.25) is 10.8 Å². The molecule has 3 nitrogen and oxygen atoms in total. The summed E-state index contributed by atoms with van der Waals surface area (Å²) in [4.78, 5) is 4.33. The molecular weight excluding hydrogens is 246 g/mol. The Kier molecular flexibility index (Phi) is 3.81. The highest BCUT2D eigenvalue weighted by Crippen LogP contribution is 2.27. The van der Waals surface area contributed by atoms with Gasteiger partial charge in [0, 0.05) is 12.2 Å². The van der Waals surface area contributed by atoms with Gasteiger partial charge in [-0.15, -0.1) is 0 Å². The largest absolute Gasteiger partial charge is 0.268 e. The van der Waals surface area contributed by atoms with Gasteiger partial charge in [0.2, 0.25) is 0 Å². The Balaban J connectivity index is 1.73. The highest BCUT2D eigenvalue weighted by molar-refractivity contribution is 5.36. The Hall–Kier alpha value is -1.71. The summed E-state index contributed by atoms with van der Waals surface area (Å²) < 4.78 is 0. The van der Waals surface area contributed by atoms with E-state index in [4.69, 9.17) is 5.84 Å². The second-order valence-corrected chi connectivity index (χ2v) is 5.55. The lowest BCUT2D eigenvalue weighted by Gasteiger charge is -2.24. The molecule has 0 saturated heterocycles. The summed E-state index contributed by atoms with van der Waals surface area (Å²) in [5, 5.41) is 1.86. The third-order valence-electron chi connectivity index (χ3n) is 4.17. The van der Waals surface area contributed by atoms with E-state index < -0.39 is 0 Å². The summed E-state index contributed by atoms with van der Waals surface area (Å²) in [5.41, 5.74) is 5.31. The minimum atomic E-state index is 0.197. The zero-order valence-electron chi connectivity index (χ0n) is 11.9. The standard InChI is InChI=1S/C17H21N3/c1-13(20(18)12-17-7-2-3-10-19-17)15-9-8-14-5-4-6-16(14)11-15/h2-3,7-11,13H,4-6,12,18H2,1H3. The molecule has 0 spiro atoms. The number of pyridine rings is 1. The molecule has 104 valence electrons. The maximum absolute atomic E-state index is 6.22. The molecule has 1 aromatic heterocycles. The third-order valence-corrected chi connectivity index (χ3v) is 4.17. The van der Waals surface area contributed by atoms with Gasteiger partial charge in [0.05, 0.1) is 12.2 Å². The van der Waals surface area contributed by atoms with Crippen LogP contribution in [0.2, 0.25) is 0 Å². The van der Waals surface area contributed by atoms with Crippen molar-refractivity contribution >= 4 is 0 Å². The summed E-state index contributed by atoms with van der Waals surface area (Å²) in [6, 6.07) is 12.9. The first kappa shape index (κ1) is 13.3. The molecule has 1 aromatic carbocycles. The summed E-state index contributed by atoms with van der Waals surface area (Å²) in [6.45, 7) is 2.82. The molecule has 2 aromatic rings. The van der Waals surface area contributed by atoms with Gasteiger partial charge in [0.15, 0.2) is 0 Å². The first-order valence-electron chi connectivity index (χ1n) is 7.27. The van der Waals surface area contributed by atoms with Crippen molar-refractivity contribution in [1.82, 2.24) is 9.99 Å². The lowest BCUT2D eigenvalue weighted by atomic mass is 10.0. The Morgan fingerprint density at radius 2 is 2.05 bits per heavy atom. The minimum absolute atomic E-state index is 0.197. The lowest BCUT2D eigenvalue weighted by Crippen LogP contribution is -2.33. The molecule has 1 aliphatic rings. The number of hydrogen-bond acceptors (Lipinski definition) is 3. The first-order chi connectivity index (χ1) is 9.74. The van der Waals surface area contributed by atoms with E-state index in [1.54, 1.807) is 0 Å². The van der Waals surface area contributed by atoms with E-state index >= 15 is 0 Å². The third kappa shape index (κ3) is 2.74. The highest BCUT2D eigenvalue weighted by atomic mass is 15.4. The first-order valence-corrected chi connectivity index (χ1v) is 7.27. The predicted octanol–water partition coefficient (Wildman–Crippen LogP) is 3.01. The van der Waals surface area contributed by atoms with Gasteiger partial charge in [-0.25, -0.2) is 5.01 Å². The SMILES string of the molecule is CC(c1ccc2c(c1)CCC2)N(N)Cc1ccccn1. The summed E-state index contributed by atoms with van der Waals surface area (Å²) in [6.07, 6.45) is 5.53. The van der Waals surface area contributed by atoms with Gasteiger partial charge < -0.3 is 0 Å². The average molecular weight is 267 g/mol. The average Bonchev–Trinajstić information content (AvgIpc) is 2.94. The second-order valence-electron chi connectivity index (χ2n) is 5.55. The molecule has 0 bridgehead atoms. The zero-order valence-corrected chi connectivity index (χ0v) is 11.9. The van der Waals surface area contributed by atoms with E-state index in [2.05, 4.69) is 30.1 Å². The number of aromatic nitrogens is 1. The summed E-state index contributed by atoms with van der Waals surface area (Å²) in [7, 11) is 0. The molecule has 0 aliphatic heterocycles. The number of hydrogen-bond donors (Lipinski definition) is 1. The van der Waals surface area contributed by atoms with Crippen molar-refractivity contribution in [3.63, 3.8) is 0 Å². The van der Waals surface area contributed by atoms with E-state index in [1.165, 1.54) is 36.0 Å². The number of nitrogens with zero attached hydrogens (tertiary/aromatic N) is 2. The molecule has 1 unspecified atom stereocenters. The van der Waals surface area contributed by atoms with E-state index in [0.29, 0.717) is 6.54 Å². The Morgan fingerprint density at radius 3 is 2.85 bits per heavy atom. The number of nitrogens with two attached hydrogens (primary N) is 1. The minimum Gasteiger partial charge on any atom is -0.268 e. The Bertz CT molecular complexity index is 580. The van der Waals surface area contributed by atoms with Crippen LogP contribution in [0.1, 0.15) is 41.8 Å². The van der Waals surface area contributed by atoms with E-state index in [-0.39, 0.29) is 6.04 Å². The van der Waals surface area contributed by atoms with Crippen LogP contribution in [0.4, 0.5) is 0 Å². The maximum Gasteiger partial charge on any atom is 0.0559 e. The van der Waals surface area contributed by atoms with Gasteiger partial charge >= 0.3 is 0 Å². The van der Waals surface area contributed by atoms with Crippen LogP contribution in [-0.2, 0) is 19.4 Å². The van der Waals surface area contributed by atoms with Crippen LogP contribution < -0.4 is 5.84 Å². The summed E-state index contributed by atoms with van der Waals surface area (Å²) >= 11 is 0. The molecule has 1 aliphatic carbocycles. The highest BCUT2D eigenvalue weighted by Gasteiger charge is 2.16. The number of rotatable bonds is 4. The molecule has 0 saturated carbocycles. The number of fused-ring (bicyclic) bond motifs is 1. The predicted molar refractivity (Wildman–Crippen MR) is 80.8 cm³/mol. The van der Waals surface area contributed by atoms with Gasteiger partial charge in [-0.05, 0) is 55.0 Å². The molecular formula is C17H21N3. The van der Waals surface area contributed by atoms with Crippen molar-refractivity contribution in [3.05, 3.63) is 65.0 Å². The monoisotopic (exact) mass is 267 g/mol. The second kappa shape index (κ2) is 5.73. The fourth-order valence-electron chi connectivity index (χ4n) is 2.86. The Labute approximate surface area is 120 Å². The van der Waals surface area contributed by atoms with Crippen LogP contribution >= 0.6 is 0 Å². The quantitative estimate of drug-likeness (QED) is 0.684. The van der Waals surface area contributed by atoms with E-state index in [1.807, 2.05) is 29.4 Å². The van der Waals surface area contributed by atoms with Crippen LogP contribution in [0.15, 0.2) is 42.6 Å². The molecule has 3 heteroatoms. The fourth-order valence-corrected chi connectivity index (χ4v) is 2.86.